The minimum absolute atomic E-state index is 0. The van der Waals surface area contributed by atoms with Crippen molar-refractivity contribution in [2.75, 3.05) is 7.11 Å². The minimum atomic E-state index is 0. The zero-order valence-corrected chi connectivity index (χ0v) is 30.2. The predicted octanol–water partition coefficient (Wildman–Crippen LogP) is 7.22. The van der Waals surface area contributed by atoms with E-state index in [0.717, 1.165) is 23.8 Å². The number of allylic oxidation sites excluding steroid dienone is 1. The Balaban J connectivity index is -0.000000111. The summed E-state index contributed by atoms with van der Waals surface area (Å²) in [5, 5.41) is 25.8. The van der Waals surface area contributed by atoms with Gasteiger partial charge in [-0.15, -0.1) is 0 Å². The molecule has 0 radical (unpaired) electrons. The predicted molar refractivity (Wildman–Crippen MR) is 182 cm³/mol. The molecule has 0 spiro atoms. The summed E-state index contributed by atoms with van der Waals surface area (Å²) in [6.07, 6.45) is 0.515. The standard InChI is InChI=1S/C16H10N2.C8H7N.3C2H6.CH3O.CH4.I2.Na/c1-18-16(14-10-6-3-7-11-14)15(12-17)13-8-4-2-5-9-13;9-7-6-8-4-2-1-3-5-8;4*1-2;;1-2;/h2-11H;1-5H,6H2;3*1-2H3;1H3;1H4;;/q;;;;;-1;;;+1/b16-15-;;;;;;;;. The summed E-state index contributed by atoms with van der Waals surface area (Å²) in [6, 6.07) is 32.5. The molecule has 39 heavy (non-hydrogen) atoms. The Morgan fingerprint density at radius 1 is 0.718 bits per heavy atom. The largest absolute Gasteiger partial charge is 1.00 e. The van der Waals surface area contributed by atoms with Crippen molar-refractivity contribution < 1.29 is 34.7 Å². The molecule has 0 aromatic heterocycles. The molecule has 4 nitrogen and oxygen atoms in total. The molecule has 0 saturated carbocycles. The van der Waals surface area contributed by atoms with Crippen molar-refractivity contribution in [1.82, 2.24) is 0 Å². The van der Waals surface area contributed by atoms with Crippen LogP contribution < -0.4 is 34.7 Å². The van der Waals surface area contributed by atoms with Crippen molar-refractivity contribution in [3.8, 4) is 12.1 Å². The number of hydrogen-bond donors (Lipinski definition) is 0. The summed E-state index contributed by atoms with van der Waals surface area (Å²) in [5.74, 6) is 0. The average molecular weight is 762 g/mol. The zero-order chi connectivity index (χ0) is 29.3. The quantitative estimate of drug-likeness (QED) is 0.0931. The van der Waals surface area contributed by atoms with Crippen LogP contribution in [-0.2, 0) is 6.42 Å². The van der Waals surface area contributed by atoms with Crippen molar-refractivity contribution >= 4 is 48.5 Å². The number of nitrogens with zero attached hydrogens (tertiary/aromatic N) is 3. The van der Waals surface area contributed by atoms with Gasteiger partial charge in [-0.25, -0.2) is 4.85 Å². The number of nitriles is 2. The van der Waals surface area contributed by atoms with Crippen molar-refractivity contribution in [1.29, 1.82) is 10.5 Å². The molecular formula is C32H42I2N3NaO. The van der Waals surface area contributed by atoms with Crippen LogP contribution >= 0.6 is 37.2 Å². The van der Waals surface area contributed by atoms with E-state index in [1.165, 1.54) is 0 Å². The van der Waals surface area contributed by atoms with E-state index in [9.17, 15) is 5.26 Å². The molecule has 7 heteroatoms. The Morgan fingerprint density at radius 3 is 1.36 bits per heavy atom. The van der Waals surface area contributed by atoms with Gasteiger partial charge in [0.15, 0.2) is 0 Å². The van der Waals surface area contributed by atoms with Gasteiger partial charge in [-0.2, -0.15) is 17.6 Å². The number of hydrogen-bond acceptors (Lipinski definition) is 3. The molecule has 0 atom stereocenters. The fourth-order valence-corrected chi connectivity index (χ4v) is 2.41. The number of halogens is 2. The summed E-state index contributed by atoms with van der Waals surface area (Å²) >= 11 is 4.24. The first-order chi connectivity index (χ1) is 18.3. The molecular weight excluding hydrogens is 719 g/mol. The number of benzene rings is 3. The Hall–Kier alpha value is -1.71. The third-order valence-electron chi connectivity index (χ3n) is 3.70. The second-order valence-corrected chi connectivity index (χ2v) is 5.50. The first-order valence-corrected chi connectivity index (χ1v) is 18.2. The van der Waals surface area contributed by atoms with E-state index in [2.05, 4.69) is 54.2 Å². The van der Waals surface area contributed by atoms with E-state index >= 15 is 0 Å². The Labute approximate surface area is 284 Å². The van der Waals surface area contributed by atoms with Crippen LogP contribution in [0.1, 0.15) is 65.7 Å². The van der Waals surface area contributed by atoms with Crippen LogP contribution in [-0.4, -0.2) is 7.11 Å². The minimum Gasteiger partial charge on any atom is -0.857 e. The fourth-order valence-electron chi connectivity index (χ4n) is 2.41. The van der Waals surface area contributed by atoms with E-state index < -0.39 is 0 Å². The fraction of sp³-hybridized carbons (Fsp3) is 0.281. The van der Waals surface area contributed by atoms with Gasteiger partial charge in [0.1, 0.15) is 0 Å². The van der Waals surface area contributed by atoms with E-state index in [-0.39, 0.29) is 37.0 Å². The van der Waals surface area contributed by atoms with Crippen molar-refractivity contribution in [2.24, 2.45) is 0 Å². The molecule has 0 aliphatic carbocycles. The van der Waals surface area contributed by atoms with Gasteiger partial charge in [0.05, 0.1) is 30.7 Å². The Morgan fingerprint density at radius 2 is 1.05 bits per heavy atom. The Kier molecular flexibility index (Phi) is 55.7. The third-order valence-corrected chi connectivity index (χ3v) is 3.70. The van der Waals surface area contributed by atoms with Crippen LogP contribution in [0.3, 0.4) is 0 Å². The first kappa shape index (κ1) is 50.2. The van der Waals surface area contributed by atoms with Crippen LogP contribution in [0.25, 0.3) is 16.1 Å². The van der Waals surface area contributed by atoms with Gasteiger partial charge in [0.25, 0.3) is 0 Å². The molecule has 0 bridgehead atoms. The maximum absolute atomic E-state index is 9.29. The molecule has 206 valence electrons. The van der Waals surface area contributed by atoms with Crippen LogP contribution in [0.4, 0.5) is 0 Å². The molecule has 0 unspecified atom stereocenters. The molecule has 0 aliphatic rings. The average Bonchev–Trinajstić information content (AvgIpc) is 3.03. The van der Waals surface area contributed by atoms with E-state index in [0.29, 0.717) is 17.7 Å². The van der Waals surface area contributed by atoms with Crippen LogP contribution in [0.2, 0.25) is 0 Å². The molecule has 0 saturated heterocycles. The first-order valence-electron chi connectivity index (χ1n) is 11.9. The van der Waals surface area contributed by atoms with Crippen LogP contribution in [0, 0.1) is 29.2 Å². The summed E-state index contributed by atoms with van der Waals surface area (Å²) in [6.45, 7) is 19.3. The normalized spacial score (nSPS) is 7.77. The zero-order valence-electron chi connectivity index (χ0n) is 23.9. The molecule has 0 N–H and O–H groups in total. The van der Waals surface area contributed by atoms with Crippen LogP contribution in [0.15, 0.2) is 91.0 Å². The monoisotopic (exact) mass is 761 g/mol. The van der Waals surface area contributed by atoms with Crippen molar-refractivity contribution in [3.05, 3.63) is 119 Å². The topological polar surface area (TPSA) is 75.0 Å². The van der Waals surface area contributed by atoms with Gasteiger partial charge < -0.3 is 5.11 Å². The third kappa shape index (κ3) is 25.0. The van der Waals surface area contributed by atoms with Gasteiger partial charge in [-0.1, -0.05) is 140 Å². The molecule has 0 heterocycles. The second kappa shape index (κ2) is 43.3. The van der Waals surface area contributed by atoms with Crippen LogP contribution in [0.5, 0.6) is 0 Å². The summed E-state index contributed by atoms with van der Waals surface area (Å²) in [5.41, 5.74) is 3.43. The summed E-state index contributed by atoms with van der Waals surface area (Å²) in [4.78, 5) is 3.51. The van der Waals surface area contributed by atoms with Gasteiger partial charge in [0, 0.05) is 37.2 Å². The molecule has 0 fully saturated rings. The second-order valence-electron chi connectivity index (χ2n) is 5.50. The maximum Gasteiger partial charge on any atom is 1.00 e. The van der Waals surface area contributed by atoms with E-state index in [1.54, 1.807) is 0 Å². The van der Waals surface area contributed by atoms with Gasteiger partial charge in [0.2, 0.25) is 5.70 Å². The maximum atomic E-state index is 9.29. The van der Waals surface area contributed by atoms with Gasteiger partial charge in [-0.3, -0.25) is 0 Å². The number of rotatable bonds is 3. The van der Waals surface area contributed by atoms with E-state index in [4.69, 9.17) is 16.9 Å². The van der Waals surface area contributed by atoms with Gasteiger partial charge >= 0.3 is 29.6 Å². The molecule has 3 aromatic carbocycles. The van der Waals surface area contributed by atoms with Gasteiger partial charge in [-0.05, 0) is 16.7 Å². The molecule has 0 amide bonds. The summed E-state index contributed by atoms with van der Waals surface area (Å²) in [7, 11) is 0.750. The summed E-state index contributed by atoms with van der Waals surface area (Å²) < 4.78 is 0. The molecule has 0 aliphatic heterocycles. The molecule has 3 rings (SSSR count). The SMILES string of the molecule is C.CC.CC.CC.C[O-].II.N#CCc1ccccc1.[C-]#[N+]/C(=C(/C#N)c1ccccc1)c1ccccc1.[Na+]. The van der Waals surface area contributed by atoms with E-state index in [1.807, 2.05) is 133 Å². The van der Waals surface area contributed by atoms with Crippen molar-refractivity contribution in [2.45, 2.75) is 55.4 Å². The smallest absolute Gasteiger partial charge is 0.857 e. The molecule has 3 aromatic rings. The Bertz CT molecular complexity index is 967. The van der Waals surface area contributed by atoms with Crippen molar-refractivity contribution in [3.63, 3.8) is 0 Å².